The molecule has 1 fully saturated rings. The Morgan fingerprint density at radius 1 is 1.59 bits per heavy atom. The topological polar surface area (TPSA) is 77.2 Å². The van der Waals surface area contributed by atoms with Crippen LogP contribution < -0.4 is 15.8 Å². The van der Waals surface area contributed by atoms with Gasteiger partial charge < -0.3 is 15.8 Å². The number of primary amides is 1. The van der Waals surface area contributed by atoms with Crippen molar-refractivity contribution in [2.24, 2.45) is 5.73 Å². The van der Waals surface area contributed by atoms with Gasteiger partial charge in [-0.2, -0.15) is 0 Å². The van der Waals surface area contributed by atoms with Crippen LogP contribution in [0.15, 0.2) is 18.3 Å². The van der Waals surface area contributed by atoms with Gasteiger partial charge in [0, 0.05) is 23.9 Å². The maximum atomic E-state index is 11.0. The number of carbonyl (C=O) groups is 1. The molecule has 1 aliphatic heterocycles. The third-order valence-electron chi connectivity index (χ3n) is 2.86. The minimum absolute atomic E-state index is 0.378. The molecule has 1 aliphatic rings. The highest BCUT2D eigenvalue weighted by Gasteiger charge is 2.13. The van der Waals surface area contributed by atoms with Gasteiger partial charge in [0.2, 0.25) is 11.8 Å². The summed E-state index contributed by atoms with van der Waals surface area (Å²) in [6.45, 7) is 1.62. The second-order valence-electron chi connectivity index (χ2n) is 4.20. The molecule has 0 radical (unpaired) electrons. The van der Waals surface area contributed by atoms with Crippen molar-refractivity contribution in [3.8, 4) is 5.88 Å². The molecule has 1 aromatic rings. The minimum atomic E-state index is -0.465. The number of aromatic nitrogens is 1. The second kappa shape index (κ2) is 5.63. The number of rotatable bonds is 4. The molecule has 2 heterocycles. The lowest BCUT2D eigenvalue weighted by atomic mass is 10.1. The average molecular weight is 235 g/mol. The van der Waals surface area contributed by atoms with Crippen LogP contribution in [0, 0.1) is 0 Å². The van der Waals surface area contributed by atoms with Gasteiger partial charge in [-0.05, 0) is 25.5 Å². The molecule has 1 unspecified atom stereocenters. The number of hydrogen-bond donors (Lipinski definition) is 2. The van der Waals surface area contributed by atoms with Crippen LogP contribution in [0.2, 0.25) is 0 Å². The summed E-state index contributed by atoms with van der Waals surface area (Å²) < 4.78 is 5.55. The molecule has 17 heavy (non-hydrogen) atoms. The zero-order valence-corrected chi connectivity index (χ0v) is 9.69. The fraction of sp³-hybridized carbons (Fsp3) is 0.500. The molecule has 0 aromatic carbocycles. The number of amides is 1. The number of carbonyl (C=O) groups excluding carboxylic acids is 1. The lowest BCUT2D eigenvalue weighted by molar-refractivity contribution is 0.0999. The summed E-state index contributed by atoms with van der Waals surface area (Å²) in [5.41, 5.74) is 5.61. The molecule has 92 valence electrons. The standard InChI is InChI=1S/C12H17N3O2/c13-12(16)9-4-6-15-11(7-9)17-8-10-3-1-2-5-14-10/h4,6-7,10,14H,1-3,5,8H2,(H2,13,16). The molecule has 0 bridgehead atoms. The summed E-state index contributed by atoms with van der Waals surface area (Å²) >= 11 is 0. The van der Waals surface area contributed by atoms with Gasteiger partial charge in [-0.25, -0.2) is 4.98 Å². The Hall–Kier alpha value is -1.62. The molecule has 1 aromatic heterocycles. The van der Waals surface area contributed by atoms with Crippen LogP contribution in [0.5, 0.6) is 5.88 Å². The number of hydrogen-bond acceptors (Lipinski definition) is 4. The molecular weight excluding hydrogens is 218 g/mol. The van der Waals surface area contributed by atoms with Crippen LogP contribution in [0.25, 0.3) is 0 Å². The van der Waals surface area contributed by atoms with Crippen molar-refractivity contribution < 1.29 is 9.53 Å². The molecule has 3 N–H and O–H groups in total. The highest BCUT2D eigenvalue weighted by Crippen LogP contribution is 2.12. The molecular formula is C12H17N3O2. The molecule has 1 atom stereocenters. The van der Waals surface area contributed by atoms with Crippen LogP contribution in [-0.2, 0) is 0 Å². The summed E-state index contributed by atoms with van der Waals surface area (Å²) in [5.74, 6) is -0.0123. The van der Waals surface area contributed by atoms with Gasteiger partial charge in [0.15, 0.2) is 0 Å². The van der Waals surface area contributed by atoms with Gasteiger partial charge in [0.25, 0.3) is 0 Å². The molecule has 5 heteroatoms. The van der Waals surface area contributed by atoms with Crippen molar-refractivity contribution in [2.75, 3.05) is 13.2 Å². The molecule has 0 spiro atoms. The van der Waals surface area contributed by atoms with Crippen LogP contribution in [-0.4, -0.2) is 30.1 Å². The van der Waals surface area contributed by atoms with Crippen molar-refractivity contribution in [1.82, 2.24) is 10.3 Å². The number of ether oxygens (including phenoxy) is 1. The smallest absolute Gasteiger partial charge is 0.248 e. The Labute approximate surface area is 100 Å². The zero-order valence-electron chi connectivity index (χ0n) is 9.69. The third kappa shape index (κ3) is 3.42. The summed E-state index contributed by atoms with van der Waals surface area (Å²) in [5, 5.41) is 3.38. The maximum absolute atomic E-state index is 11.0. The number of pyridine rings is 1. The van der Waals surface area contributed by atoms with Crippen molar-refractivity contribution in [3.05, 3.63) is 23.9 Å². The Bertz CT molecular complexity index is 389. The maximum Gasteiger partial charge on any atom is 0.248 e. The first kappa shape index (κ1) is 11.9. The summed E-state index contributed by atoms with van der Waals surface area (Å²) in [7, 11) is 0. The van der Waals surface area contributed by atoms with Crippen LogP contribution in [0.1, 0.15) is 29.6 Å². The highest BCUT2D eigenvalue weighted by atomic mass is 16.5. The van der Waals surface area contributed by atoms with E-state index < -0.39 is 5.91 Å². The van der Waals surface area contributed by atoms with E-state index in [4.69, 9.17) is 10.5 Å². The first-order valence-electron chi connectivity index (χ1n) is 5.88. The fourth-order valence-corrected chi connectivity index (χ4v) is 1.89. The minimum Gasteiger partial charge on any atom is -0.476 e. The number of piperidine rings is 1. The van der Waals surface area contributed by atoms with Gasteiger partial charge in [0.05, 0.1) is 0 Å². The number of nitrogens with two attached hydrogens (primary N) is 1. The van der Waals surface area contributed by atoms with Crippen molar-refractivity contribution >= 4 is 5.91 Å². The van der Waals surface area contributed by atoms with Gasteiger partial charge >= 0.3 is 0 Å². The van der Waals surface area contributed by atoms with Gasteiger partial charge in [-0.1, -0.05) is 6.42 Å². The van der Waals surface area contributed by atoms with Crippen LogP contribution >= 0.6 is 0 Å². The van der Waals surface area contributed by atoms with E-state index in [0.29, 0.717) is 24.1 Å². The van der Waals surface area contributed by atoms with Gasteiger partial charge in [0.1, 0.15) is 6.61 Å². The highest BCUT2D eigenvalue weighted by molar-refractivity contribution is 5.92. The Balaban J connectivity index is 1.89. The Morgan fingerprint density at radius 2 is 2.47 bits per heavy atom. The van der Waals surface area contributed by atoms with E-state index in [1.54, 1.807) is 12.1 Å². The third-order valence-corrected chi connectivity index (χ3v) is 2.86. The van der Waals surface area contributed by atoms with Gasteiger partial charge in [-0.15, -0.1) is 0 Å². The van der Waals surface area contributed by atoms with E-state index in [0.717, 1.165) is 13.0 Å². The van der Waals surface area contributed by atoms with Gasteiger partial charge in [-0.3, -0.25) is 4.79 Å². The fourth-order valence-electron chi connectivity index (χ4n) is 1.89. The van der Waals surface area contributed by atoms with Crippen LogP contribution in [0.3, 0.4) is 0 Å². The van der Waals surface area contributed by atoms with E-state index in [9.17, 15) is 4.79 Å². The molecule has 0 aliphatic carbocycles. The zero-order chi connectivity index (χ0) is 12.1. The van der Waals surface area contributed by atoms with Crippen molar-refractivity contribution in [1.29, 1.82) is 0 Å². The molecule has 5 nitrogen and oxygen atoms in total. The SMILES string of the molecule is NC(=O)c1ccnc(OCC2CCCCN2)c1. The molecule has 0 saturated carbocycles. The lowest BCUT2D eigenvalue weighted by Crippen LogP contribution is -2.38. The predicted molar refractivity (Wildman–Crippen MR) is 63.9 cm³/mol. The van der Waals surface area contributed by atoms with Crippen molar-refractivity contribution in [2.45, 2.75) is 25.3 Å². The van der Waals surface area contributed by atoms with E-state index >= 15 is 0 Å². The predicted octanol–water partition coefficient (Wildman–Crippen LogP) is 0.701. The Kier molecular flexibility index (Phi) is 3.93. The first-order chi connectivity index (χ1) is 8.25. The number of nitrogens with one attached hydrogen (secondary N) is 1. The molecule has 1 amide bonds. The lowest BCUT2D eigenvalue weighted by Gasteiger charge is -2.23. The quantitative estimate of drug-likeness (QED) is 0.805. The van der Waals surface area contributed by atoms with E-state index in [-0.39, 0.29) is 0 Å². The molecule has 2 rings (SSSR count). The summed E-state index contributed by atoms with van der Waals surface area (Å²) in [6.07, 6.45) is 5.11. The largest absolute Gasteiger partial charge is 0.476 e. The first-order valence-corrected chi connectivity index (χ1v) is 5.88. The normalized spacial score (nSPS) is 19.9. The average Bonchev–Trinajstić information content (AvgIpc) is 2.38. The second-order valence-corrected chi connectivity index (χ2v) is 4.20. The Morgan fingerprint density at radius 3 is 3.18 bits per heavy atom. The summed E-state index contributed by atoms with van der Waals surface area (Å²) in [4.78, 5) is 15.0. The summed E-state index contributed by atoms with van der Waals surface area (Å²) in [6, 6.07) is 3.53. The number of nitrogens with zero attached hydrogens (tertiary/aromatic N) is 1. The van der Waals surface area contributed by atoms with Crippen LogP contribution in [0.4, 0.5) is 0 Å². The molecule has 1 saturated heterocycles. The van der Waals surface area contributed by atoms with E-state index in [1.807, 2.05) is 0 Å². The van der Waals surface area contributed by atoms with Crippen molar-refractivity contribution in [3.63, 3.8) is 0 Å². The van der Waals surface area contributed by atoms with E-state index in [2.05, 4.69) is 10.3 Å². The monoisotopic (exact) mass is 235 g/mol. The van der Waals surface area contributed by atoms with E-state index in [1.165, 1.54) is 19.0 Å².